The van der Waals surface area contributed by atoms with E-state index in [9.17, 15) is 9.59 Å². The van der Waals surface area contributed by atoms with Gasteiger partial charge in [-0.05, 0) is 83.4 Å². The monoisotopic (exact) mass is 730 g/mol. The van der Waals surface area contributed by atoms with E-state index < -0.39 is 12.0 Å². The minimum absolute atomic E-state index is 0.0961. The van der Waals surface area contributed by atoms with Crippen LogP contribution in [-0.4, -0.2) is 31.0 Å². The number of carbonyl (C=O) groups is 1. The van der Waals surface area contributed by atoms with Crippen LogP contribution in [0.4, 0.5) is 0 Å². The van der Waals surface area contributed by atoms with Crippen LogP contribution in [-0.2, 0) is 16.1 Å². The number of methoxy groups -OCH3 is 1. The fourth-order valence-electron chi connectivity index (χ4n) is 5.09. The Labute approximate surface area is 280 Å². The summed E-state index contributed by atoms with van der Waals surface area (Å²) < 4.78 is 30.7. The number of ether oxygens (including phenoxy) is 5. The van der Waals surface area contributed by atoms with Gasteiger partial charge in [-0.15, -0.1) is 0 Å². The average molecular weight is 732 g/mol. The van der Waals surface area contributed by atoms with Gasteiger partial charge in [0.1, 0.15) is 6.61 Å². The maximum Gasteiger partial charge on any atom is 0.338 e. The molecule has 0 radical (unpaired) electrons. The van der Waals surface area contributed by atoms with Crippen LogP contribution in [0.25, 0.3) is 6.08 Å². The van der Waals surface area contributed by atoms with Crippen molar-refractivity contribution >= 4 is 62.5 Å². The largest absolute Gasteiger partial charge is 0.493 e. The van der Waals surface area contributed by atoms with E-state index in [0.717, 1.165) is 5.56 Å². The van der Waals surface area contributed by atoms with Crippen LogP contribution in [0.2, 0.25) is 10.0 Å². The lowest BCUT2D eigenvalue weighted by Gasteiger charge is -2.24. The van der Waals surface area contributed by atoms with E-state index in [1.807, 2.05) is 12.1 Å². The molecule has 1 atom stereocenters. The van der Waals surface area contributed by atoms with Crippen molar-refractivity contribution in [2.45, 2.75) is 26.5 Å². The Morgan fingerprint density at radius 3 is 2.71 bits per heavy atom. The predicted octanol–water partition coefficient (Wildman–Crippen LogP) is 6.18. The summed E-state index contributed by atoms with van der Waals surface area (Å²) in [5.74, 6) is 1.50. The summed E-state index contributed by atoms with van der Waals surface area (Å²) in [5, 5.41) is 1.02. The van der Waals surface area contributed by atoms with Crippen molar-refractivity contribution in [2.75, 3.05) is 20.5 Å². The maximum absolute atomic E-state index is 14.1. The molecule has 3 aromatic carbocycles. The van der Waals surface area contributed by atoms with E-state index in [0.29, 0.717) is 63.7 Å². The van der Waals surface area contributed by atoms with E-state index in [4.69, 9.17) is 46.9 Å². The van der Waals surface area contributed by atoms with Crippen molar-refractivity contribution in [2.24, 2.45) is 4.99 Å². The lowest BCUT2D eigenvalue weighted by atomic mass is 9.95. The molecule has 4 aromatic rings. The lowest BCUT2D eigenvalue weighted by molar-refractivity contribution is -0.139. The number of thiazole rings is 1. The molecule has 0 bridgehead atoms. The third kappa shape index (κ3) is 6.09. The van der Waals surface area contributed by atoms with E-state index in [1.54, 1.807) is 56.3 Å². The van der Waals surface area contributed by atoms with Gasteiger partial charge in [-0.3, -0.25) is 9.36 Å². The zero-order chi connectivity index (χ0) is 31.8. The number of aromatic nitrogens is 1. The topological polar surface area (TPSA) is 97.6 Å². The number of halogens is 3. The molecule has 0 unspecified atom stereocenters. The van der Waals surface area contributed by atoms with E-state index in [1.165, 1.54) is 23.0 Å². The minimum atomic E-state index is -0.784. The number of rotatable bonds is 8. The number of hydrogen-bond acceptors (Lipinski definition) is 9. The van der Waals surface area contributed by atoms with Gasteiger partial charge in [0.15, 0.2) is 27.8 Å². The highest BCUT2D eigenvalue weighted by atomic mass is 79.9. The normalized spacial score (nSPS) is 15.5. The van der Waals surface area contributed by atoms with Crippen LogP contribution in [0.1, 0.15) is 36.6 Å². The molecule has 0 aliphatic carbocycles. The number of esters is 1. The molecule has 13 heteroatoms. The van der Waals surface area contributed by atoms with Gasteiger partial charge >= 0.3 is 5.97 Å². The van der Waals surface area contributed by atoms with Crippen molar-refractivity contribution in [1.82, 2.24) is 4.57 Å². The molecular formula is C32H25BrCl2N2O7S. The average Bonchev–Trinajstić information content (AvgIpc) is 3.60. The fourth-order valence-corrected chi connectivity index (χ4v) is 7.18. The molecule has 0 amide bonds. The van der Waals surface area contributed by atoms with Crippen LogP contribution in [0.3, 0.4) is 0 Å². The Morgan fingerprint density at radius 1 is 1.16 bits per heavy atom. The molecule has 9 nitrogen and oxygen atoms in total. The zero-order valence-corrected chi connectivity index (χ0v) is 28.1. The van der Waals surface area contributed by atoms with Gasteiger partial charge in [0.2, 0.25) is 6.79 Å². The third-order valence-corrected chi connectivity index (χ3v) is 9.32. The van der Waals surface area contributed by atoms with E-state index in [-0.39, 0.29) is 31.1 Å². The lowest BCUT2D eigenvalue weighted by Crippen LogP contribution is -2.39. The summed E-state index contributed by atoms with van der Waals surface area (Å²) in [6.07, 6.45) is 1.75. The van der Waals surface area contributed by atoms with Crippen molar-refractivity contribution in [3.05, 3.63) is 111 Å². The SMILES string of the molecule is CCOC(=O)C1=C(C)N=c2s/c(=C\c3cc(Br)c(OCc4ccc(Cl)cc4Cl)c(OC)c3)c(=O)n2[C@H]1c1ccc2c(c1)OCO2. The van der Waals surface area contributed by atoms with E-state index >= 15 is 0 Å². The van der Waals surface area contributed by atoms with Crippen LogP contribution in [0, 0.1) is 0 Å². The molecule has 0 saturated carbocycles. The molecule has 2 aliphatic rings. The second-order valence-corrected chi connectivity index (χ2v) is 12.7. The van der Waals surface area contributed by atoms with E-state index in [2.05, 4.69) is 20.9 Å². The van der Waals surface area contributed by atoms with Crippen LogP contribution in [0.15, 0.2) is 74.1 Å². The molecule has 3 heterocycles. The van der Waals surface area contributed by atoms with Crippen LogP contribution in [0.5, 0.6) is 23.0 Å². The minimum Gasteiger partial charge on any atom is -0.493 e. The quantitative estimate of drug-likeness (QED) is 0.200. The highest BCUT2D eigenvalue weighted by Crippen LogP contribution is 2.39. The van der Waals surface area contributed by atoms with Crippen molar-refractivity contribution in [3.8, 4) is 23.0 Å². The summed E-state index contributed by atoms with van der Waals surface area (Å²) in [4.78, 5) is 32.3. The van der Waals surface area contributed by atoms with Crippen molar-refractivity contribution in [1.29, 1.82) is 0 Å². The molecule has 0 saturated heterocycles. The van der Waals surface area contributed by atoms with Gasteiger partial charge in [0, 0.05) is 15.6 Å². The first-order valence-electron chi connectivity index (χ1n) is 13.7. The zero-order valence-electron chi connectivity index (χ0n) is 24.2. The maximum atomic E-state index is 14.1. The van der Waals surface area contributed by atoms with Gasteiger partial charge in [-0.1, -0.05) is 46.7 Å². The second kappa shape index (κ2) is 12.9. The standard InChI is InChI=1S/C32H25BrCl2N2O7S/c1-4-41-31(39)27-16(2)36-32-37(28(27)18-6-8-23-24(12-18)44-15-43-23)30(38)26(45-32)11-17-9-21(33)29(25(10-17)40-3)42-14-19-5-7-20(34)13-22(19)35/h5-13,28H,4,14-15H2,1-3H3/b26-11-/t28-/m0/s1. The van der Waals surface area contributed by atoms with Crippen molar-refractivity contribution in [3.63, 3.8) is 0 Å². The van der Waals surface area contributed by atoms with Gasteiger partial charge in [-0.2, -0.15) is 0 Å². The van der Waals surface area contributed by atoms with Gasteiger partial charge in [0.05, 0.1) is 40.0 Å². The first kappa shape index (κ1) is 31.2. The number of benzene rings is 3. The van der Waals surface area contributed by atoms with Gasteiger partial charge in [-0.25, -0.2) is 9.79 Å². The first-order valence-corrected chi connectivity index (χ1v) is 16.1. The smallest absolute Gasteiger partial charge is 0.338 e. The third-order valence-electron chi connectivity index (χ3n) is 7.17. The number of nitrogens with zero attached hydrogens (tertiary/aromatic N) is 2. The highest BCUT2D eigenvalue weighted by molar-refractivity contribution is 9.10. The Bertz CT molecular complexity index is 2060. The summed E-state index contributed by atoms with van der Waals surface area (Å²) in [6, 6.07) is 13.4. The molecule has 1 aromatic heterocycles. The fraction of sp³-hybridized carbons (Fsp3) is 0.219. The Balaban J connectivity index is 1.41. The molecule has 6 rings (SSSR count). The van der Waals surface area contributed by atoms with Crippen molar-refractivity contribution < 1.29 is 28.5 Å². The Hall–Kier alpha value is -3.77. The van der Waals surface area contributed by atoms with Gasteiger partial charge < -0.3 is 23.7 Å². The number of hydrogen-bond donors (Lipinski definition) is 0. The highest BCUT2D eigenvalue weighted by Gasteiger charge is 2.34. The molecule has 2 aliphatic heterocycles. The molecule has 0 N–H and O–H groups in total. The van der Waals surface area contributed by atoms with Gasteiger partial charge in [0.25, 0.3) is 5.56 Å². The molecule has 0 spiro atoms. The summed E-state index contributed by atoms with van der Waals surface area (Å²) in [5.41, 5.74) is 2.54. The molecule has 45 heavy (non-hydrogen) atoms. The second-order valence-electron chi connectivity index (χ2n) is 9.97. The summed E-state index contributed by atoms with van der Waals surface area (Å²) in [7, 11) is 1.53. The van der Waals surface area contributed by atoms with Crippen LogP contribution >= 0.6 is 50.5 Å². The number of carbonyl (C=O) groups excluding carboxylic acids is 1. The molecular weight excluding hydrogens is 707 g/mol. The molecule has 232 valence electrons. The Morgan fingerprint density at radius 2 is 1.96 bits per heavy atom. The summed E-state index contributed by atoms with van der Waals surface area (Å²) in [6.45, 7) is 3.93. The number of fused-ring (bicyclic) bond motifs is 2. The number of allylic oxidation sites excluding steroid dienone is 1. The van der Waals surface area contributed by atoms with Crippen LogP contribution < -0.4 is 33.8 Å². The Kier molecular flexibility index (Phi) is 8.96. The summed E-state index contributed by atoms with van der Waals surface area (Å²) >= 11 is 17.1. The molecule has 0 fully saturated rings. The first-order chi connectivity index (χ1) is 21.7. The predicted molar refractivity (Wildman–Crippen MR) is 174 cm³/mol.